The summed E-state index contributed by atoms with van der Waals surface area (Å²) in [4.78, 5) is 2.18. The number of alkyl halides is 1. The van der Waals surface area contributed by atoms with Crippen molar-refractivity contribution < 1.29 is 13.9 Å². The van der Waals surface area contributed by atoms with E-state index in [9.17, 15) is 4.39 Å². The molecule has 0 aliphatic rings. The molecule has 0 bridgehead atoms. The molecule has 0 radical (unpaired) electrons. The van der Waals surface area contributed by atoms with E-state index in [1.807, 2.05) is 6.07 Å². The predicted molar refractivity (Wildman–Crippen MR) is 79.6 cm³/mol. The number of ether oxygens (including phenoxy) is 2. The van der Waals surface area contributed by atoms with Crippen molar-refractivity contribution in [1.29, 1.82) is 0 Å². The van der Waals surface area contributed by atoms with Crippen molar-refractivity contribution in [3.8, 4) is 0 Å². The molecule has 5 heteroatoms. The van der Waals surface area contributed by atoms with Crippen molar-refractivity contribution in [3.63, 3.8) is 0 Å². The Balaban J connectivity index is 3.01. The number of benzene rings is 1. The lowest BCUT2D eigenvalue weighted by Gasteiger charge is -2.32. The highest BCUT2D eigenvalue weighted by Crippen LogP contribution is 2.25. The van der Waals surface area contributed by atoms with Crippen LogP contribution in [-0.4, -0.2) is 40.0 Å². The van der Waals surface area contributed by atoms with Gasteiger partial charge in [-0.3, -0.25) is 0 Å². The Morgan fingerprint density at radius 1 is 1.32 bits per heavy atom. The van der Waals surface area contributed by atoms with Crippen LogP contribution in [0.4, 0.5) is 10.1 Å². The van der Waals surface area contributed by atoms with Crippen molar-refractivity contribution in [2.45, 2.75) is 18.3 Å². The van der Waals surface area contributed by atoms with Crippen LogP contribution in [0, 0.1) is 5.82 Å². The van der Waals surface area contributed by atoms with Crippen LogP contribution in [0.2, 0.25) is 0 Å². The van der Waals surface area contributed by atoms with Crippen molar-refractivity contribution in [1.82, 2.24) is 0 Å². The zero-order chi connectivity index (χ0) is 14.3. The number of methoxy groups -OCH3 is 2. The molecule has 19 heavy (non-hydrogen) atoms. The van der Waals surface area contributed by atoms with Crippen LogP contribution in [0.5, 0.6) is 0 Å². The first-order valence-electron chi connectivity index (χ1n) is 6.23. The summed E-state index contributed by atoms with van der Waals surface area (Å²) >= 11 is 3.41. The molecular formula is C14H21BrFNO2. The molecule has 0 saturated carbocycles. The van der Waals surface area contributed by atoms with Crippen LogP contribution in [-0.2, 0) is 14.8 Å². The summed E-state index contributed by atoms with van der Waals surface area (Å²) in [5.74, 6) is -0.218. The predicted octanol–water partition coefficient (Wildman–Crippen LogP) is 3.21. The van der Waals surface area contributed by atoms with Gasteiger partial charge < -0.3 is 14.4 Å². The molecule has 0 amide bonds. The monoisotopic (exact) mass is 333 g/mol. The molecule has 0 saturated heterocycles. The molecule has 1 unspecified atom stereocenters. The standard InChI is InChI=1S/C14H21BrFNO2/c1-11(10-19-3)17(6-7-18-2)14-5-4-13(16)8-12(14)9-15/h4-5,8,11H,6-7,9-10H2,1-3H3. The fourth-order valence-corrected chi connectivity index (χ4v) is 2.49. The van der Waals surface area contributed by atoms with E-state index in [0.29, 0.717) is 18.5 Å². The lowest BCUT2D eigenvalue weighted by atomic mass is 10.1. The van der Waals surface area contributed by atoms with Gasteiger partial charge in [-0.15, -0.1) is 0 Å². The molecule has 0 heterocycles. The molecule has 1 aromatic rings. The Bertz CT molecular complexity index is 390. The molecule has 1 aromatic carbocycles. The van der Waals surface area contributed by atoms with Gasteiger partial charge in [0.15, 0.2) is 0 Å². The largest absolute Gasteiger partial charge is 0.383 e. The number of rotatable bonds is 8. The van der Waals surface area contributed by atoms with Gasteiger partial charge in [0, 0.05) is 37.8 Å². The molecule has 108 valence electrons. The minimum absolute atomic E-state index is 0.198. The third kappa shape index (κ3) is 4.75. The molecule has 0 fully saturated rings. The number of hydrogen-bond acceptors (Lipinski definition) is 3. The average molecular weight is 334 g/mol. The first-order valence-corrected chi connectivity index (χ1v) is 7.35. The topological polar surface area (TPSA) is 21.7 Å². The minimum Gasteiger partial charge on any atom is -0.383 e. The highest BCUT2D eigenvalue weighted by atomic mass is 79.9. The van der Waals surface area contributed by atoms with E-state index in [1.54, 1.807) is 20.3 Å². The Morgan fingerprint density at radius 3 is 2.63 bits per heavy atom. The van der Waals surface area contributed by atoms with Crippen LogP contribution in [0.3, 0.4) is 0 Å². The Labute approximate surface area is 122 Å². The van der Waals surface area contributed by atoms with Gasteiger partial charge in [0.1, 0.15) is 5.82 Å². The minimum atomic E-state index is -0.218. The van der Waals surface area contributed by atoms with E-state index in [-0.39, 0.29) is 11.9 Å². The summed E-state index contributed by atoms with van der Waals surface area (Å²) in [5.41, 5.74) is 1.94. The quantitative estimate of drug-likeness (QED) is 0.682. The zero-order valence-electron chi connectivity index (χ0n) is 11.7. The van der Waals surface area contributed by atoms with Gasteiger partial charge in [-0.1, -0.05) is 15.9 Å². The molecule has 0 spiro atoms. The van der Waals surface area contributed by atoms with E-state index in [0.717, 1.165) is 17.8 Å². The number of anilines is 1. The molecule has 3 nitrogen and oxygen atoms in total. The van der Waals surface area contributed by atoms with Crippen LogP contribution < -0.4 is 4.90 Å². The smallest absolute Gasteiger partial charge is 0.123 e. The summed E-state index contributed by atoms with van der Waals surface area (Å²) in [6.45, 7) is 4.06. The molecular weight excluding hydrogens is 313 g/mol. The second-order valence-corrected chi connectivity index (χ2v) is 4.96. The second-order valence-electron chi connectivity index (χ2n) is 4.40. The zero-order valence-corrected chi connectivity index (χ0v) is 13.2. The van der Waals surface area contributed by atoms with Crippen molar-refractivity contribution >= 4 is 21.6 Å². The van der Waals surface area contributed by atoms with Gasteiger partial charge in [0.05, 0.1) is 13.2 Å². The molecule has 0 aliphatic carbocycles. The molecule has 0 aromatic heterocycles. The number of halogens is 2. The fraction of sp³-hybridized carbons (Fsp3) is 0.571. The van der Waals surface area contributed by atoms with Crippen molar-refractivity contribution in [3.05, 3.63) is 29.6 Å². The summed E-state index contributed by atoms with van der Waals surface area (Å²) in [7, 11) is 3.36. The van der Waals surface area contributed by atoms with E-state index in [4.69, 9.17) is 9.47 Å². The summed E-state index contributed by atoms with van der Waals surface area (Å²) in [6.07, 6.45) is 0. The van der Waals surface area contributed by atoms with E-state index < -0.39 is 0 Å². The van der Waals surface area contributed by atoms with E-state index in [2.05, 4.69) is 27.8 Å². The first kappa shape index (κ1) is 16.4. The van der Waals surface area contributed by atoms with E-state index in [1.165, 1.54) is 6.07 Å². The maximum absolute atomic E-state index is 13.3. The van der Waals surface area contributed by atoms with Crippen LogP contribution >= 0.6 is 15.9 Å². The molecule has 0 aliphatic heterocycles. The average Bonchev–Trinajstić information content (AvgIpc) is 2.40. The third-order valence-corrected chi connectivity index (χ3v) is 3.58. The van der Waals surface area contributed by atoms with Crippen LogP contribution in [0.15, 0.2) is 18.2 Å². The normalized spacial score (nSPS) is 12.5. The summed E-state index contributed by atoms with van der Waals surface area (Å²) in [6, 6.07) is 5.06. The third-order valence-electron chi connectivity index (χ3n) is 2.97. The van der Waals surface area contributed by atoms with Gasteiger partial charge in [-0.2, -0.15) is 0 Å². The Hall–Kier alpha value is -0.650. The maximum Gasteiger partial charge on any atom is 0.123 e. The SMILES string of the molecule is COCCN(c1ccc(F)cc1CBr)C(C)COC. The fourth-order valence-electron chi connectivity index (χ4n) is 2.04. The van der Waals surface area contributed by atoms with Gasteiger partial charge >= 0.3 is 0 Å². The number of hydrogen-bond donors (Lipinski definition) is 0. The van der Waals surface area contributed by atoms with Gasteiger partial charge in [0.25, 0.3) is 0 Å². The Kier molecular flexibility index (Phi) is 7.34. The summed E-state index contributed by atoms with van der Waals surface area (Å²) < 4.78 is 23.7. The maximum atomic E-state index is 13.3. The summed E-state index contributed by atoms with van der Waals surface area (Å²) in [5, 5.41) is 0.614. The van der Waals surface area contributed by atoms with Gasteiger partial charge in [-0.05, 0) is 30.7 Å². The second kappa shape index (κ2) is 8.51. The molecule has 1 atom stereocenters. The van der Waals surface area contributed by atoms with Gasteiger partial charge in [-0.25, -0.2) is 4.39 Å². The van der Waals surface area contributed by atoms with Crippen LogP contribution in [0.25, 0.3) is 0 Å². The van der Waals surface area contributed by atoms with Gasteiger partial charge in [0.2, 0.25) is 0 Å². The molecule has 0 N–H and O–H groups in total. The van der Waals surface area contributed by atoms with Crippen molar-refractivity contribution in [2.24, 2.45) is 0 Å². The number of nitrogens with zero attached hydrogens (tertiary/aromatic N) is 1. The van der Waals surface area contributed by atoms with Crippen molar-refractivity contribution in [2.75, 3.05) is 38.9 Å². The highest BCUT2D eigenvalue weighted by molar-refractivity contribution is 9.08. The lowest BCUT2D eigenvalue weighted by Crippen LogP contribution is -2.39. The van der Waals surface area contributed by atoms with E-state index >= 15 is 0 Å². The Morgan fingerprint density at radius 2 is 2.05 bits per heavy atom. The van der Waals surface area contributed by atoms with Crippen LogP contribution in [0.1, 0.15) is 12.5 Å². The highest BCUT2D eigenvalue weighted by Gasteiger charge is 2.17. The molecule has 1 rings (SSSR count). The first-order chi connectivity index (χ1) is 9.13. The lowest BCUT2D eigenvalue weighted by molar-refractivity contribution is 0.171.